The number of hydrogen-bond donors (Lipinski definition) is 2. The molecule has 2 rings (SSSR count). The lowest BCUT2D eigenvalue weighted by Crippen LogP contribution is -2.59. The van der Waals surface area contributed by atoms with Gasteiger partial charge in [0.25, 0.3) is 5.91 Å². The van der Waals surface area contributed by atoms with Crippen molar-refractivity contribution in [2.45, 2.75) is 38.1 Å². The van der Waals surface area contributed by atoms with Crippen LogP contribution in [-0.2, 0) is 27.9 Å². The van der Waals surface area contributed by atoms with Crippen molar-refractivity contribution in [3.8, 4) is 0 Å². The van der Waals surface area contributed by atoms with Gasteiger partial charge in [0.05, 0.1) is 11.7 Å². The first-order valence-electron chi connectivity index (χ1n) is 8.64. The fourth-order valence-corrected chi connectivity index (χ4v) is 2.99. The van der Waals surface area contributed by atoms with E-state index in [-0.39, 0.29) is 6.04 Å². The number of nitrogens with one attached hydrogen (secondary N) is 2. The standard InChI is InChI=1S/C16H23F3N6O3/c1-4-13(28-15(27)16(17,18)19)14(26)21-11-7-20-6-5-12(11)24(2)8-10-9-25(3)23-22-10/h4,9,11-12,20H,5-8H2,1-3H3,(H,21,26)/b13-4+/t11-,12?/m0/s1. The Morgan fingerprint density at radius 2 is 2.21 bits per heavy atom. The first-order chi connectivity index (χ1) is 13.1. The molecule has 1 amide bonds. The van der Waals surface area contributed by atoms with Crippen LogP contribution in [0.3, 0.4) is 0 Å². The van der Waals surface area contributed by atoms with Crippen LogP contribution >= 0.6 is 0 Å². The summed E-state index contributed by atoms with van der Waals surface area (Å²) in [5, 5.41) is 13.7. The van der Waals surface area contributed by atoms with Crippen LogP contribution in [0, 0.1) is 0 Å². The zero-order chi connectivity index (χ0) is 20.9. The maximum absolute atomic E-state index is 12.4. The molecule has 0 bridgehead atoms. The van der Waals surface area contributed by atoms with E-state index in [1.54, 1.807) is 17.9 Å². The average Bonchev–Trinajstić information content (AvgIpc) is 3.03. The van der Waals surface area contributed by atoms with Crippen molar-refractivity contribution in [2.24, 2.45) is 7.05 Å². The number of likely N-dealkylation sites (N-methyl/N-ethyl adjacent to an activating group) is 1. The van der Waals surface area contributed by atoms with Crippen LogP contribution in [0.5, 0.6) is 0 Å². The van der Waals surface area contributed by atoms with Crippen LogP contribution in [0.15, 0.2) is 18.0 Å². The van der Waals surface area contributed by atoms with E-state index in [1.807, 2.05) is 11.9 Å². The van der Waals surface area contributed by atoms with E-state index in [9.17, 15) is 22.8 Å². The van der Waals surface area contributed by atoms with Crippen LogP contribution in [0.4, 0.5) is 13.2 Å². The highest BCUT2D eigenvalue weighted by Crippen LogP contribution is 2.19. The van der Waals surface area contributed by atoms with Crippen molar-refractivity contribution in [1.82, 2.24) is 30.5 Å². The van der Waals surface area contributed by atoms with Gasteiger partial charge in [-0.1, -0.05) is 5.21 Å². The largest absolute Gasteiger partial charge is 0.491 e. The third-order valence-corrected chi connectivity index (χ3v) is 4.31. The van der Waals surface area contributed by atoms with Gasteiger partial charge in [-0.15, -0.1) is 5.10 Å². The maximum atomic E-state index is 12.4. The average molecular weight is 404 g/mol. The van der Waals surface area contributed by atoms with E-state index in [0.717, 1.165) is 18.3 Å². The summed E-state index contributed by atoms with van der Waals surface area (Å²) in [7, 11) is 3.62. The number of nitrogens with zero attached hydrogens (tertiary/aromatic N) is 4. The zero-order valence-corrected chi connectivity index (χ0v) is 15.8. The monoisotopic (exact) mass is 404 g/mol. The minimum Gasteiger partial charge on any atom is -0.414 e. The number of carbonyl (C=O) groups excluding carboxylic acids is 2. The molecule has 1 saturated heterocycles. The highest BCUT2D eigenvalue weighted by atomic mass is 19.4. The fraction of sp³-hybridized carbons (Fsp3) is 0.625. The van der Waals surface area contributed by atoms with E-state index >= 15 is 0 Å². The molecule has 0 radical (unpaired) electrons. The van der Waals surface area contributed by atoms with Gasteiger partial charge in [-0.3, -0.25) is 14.4 Å². The lowest BCUT2D eigenvalue weighted by Gasteiger charge is -2.38. The number of amides is 1. The number of ether oxygens (including phenoxy) is 1. The fourth-order valence-electron chi connectivity index (χ4n) is 2.99. The molecular weight excluding hydrogens is 381 g/mol. The highest BCUT2D eigenvalue weighted by molar-refractivity contribution is 5.94. The van der Waals surface area contributed by atoms with E-state index in [1.165, 1.54) is 6.92 Å². The summed E-state index contributed by atoms with van der Waals surface area (Å²) in [6.45, 7) is 2.95. The number of rotatable bonds is 6. The lowest BCUT2D eigenvalue weighted by atomic mass is 9.99. The van der Waals surface area contributed by atoms with Crippen molar-refractivity contribution in [1.29, 1.82) is 0 Å². The van der Waals surface area contributed by atoms with Gasteiger partial charge in [-0.2, -0.15) is 13.2 Å². The lowest BCUT2D eigenvalue weighted by molar-refractivity contribution is -0.195. The Labute approximate surface area is 159 Å². The third kappa shape index (κ3) is 5.76. The Morgan fingerprint density at radius 3 is 2.79 bits per heavy atom. The second-order valence-electron chi connectivity index (χ2n) is 6.48. The Balaban J connectivity index is 2.02. The van der Waals surface area contributed by atoms with Gasteiger partial charge in [0.15, 0.2) is 5.76 Å². The van der Waals surface area contributed by atoms with E-state index < -0.39 is 29.9 Å². The van der Waals surface area contributed by atoms with E-state index in [2.05, 4.69) is 25.7 Å². The van der Waals surface area contributed by atoms with Gasteiger partial charge in [0.1, 0.15) is 0 Å². The summed E-state index contributed by atoms with van der Waals surface area (Å²) < 4.78 is 42.9. The van der Waals surface area contributed by atoms with Crippen LogP contribution < -0.4 is 10.6 Å². The van der Waals surface area contributed by atoms with Crippen molar-refractivity contribution < 1.29 is 27.5 Å². The van der Waals surface area contributed by atoms with Gasteiger partial charge in [-0.25, -0.2) is 4.79 Å². The summed E-state index contributed by atoms with van der Waals surface area (Å²) in [5.74, 6) is -4.01. The van der Waals surface area contributed by atoms with Crippen molar-refractivity contribution in [3.05, 3.63) is 23.7 Å². The van der Waals surface area contributed by atoms with Gasteiger partial charge >= 0.3 is 12.1 Å². The number of halogens is 3. The van der Waals surface area contributed by atoms with Gasteiger partial charge in [0.2, 0.25) is 0 Å². The number of carbonyl (C=O) groups is 2. The first-order valence-corrected chi connectivity index (χ1v) is 8.64. The molecule has 2 N–H and O–H groups in total. The molecule has 1 fully saturated rings. The Morgan fingerprint density at radius 1 is 1.50 bits per heavy atom. The molecule has 12 heteroatoms. The molecule has 1 unspecified atom stereocenters. The first kappa shape index (κ1) is 21.8. The van der Waals surface area contributed by atoms with Crippen LogP contribution in [0.2, 0.25) is 0 Å². The number of aryl methyl sites for hydroxylation is 1. The summed E-state index contributed by atoms with van der Waals surface area (Å²) >= 11 is 0. The zero-order valence-electron chi connectivity index (χ0n) is 15.8. The summed E-state index contributed by atoms with van der Waals surface area (Å²) in [5.41, 5.74) is 0.752. The van der Waals surface area contributed by atoms with Crippen LogP contribution in [0.1, 0.15) is 19.0 Å². The summed E-state index contributed by atoms with van der Waals surface area (Å²) in [6.07, 6.45) is -1.68. The molecule has 0 aliphatic carbocycles. The Bertz CT molecular complexity index is 733. The summed E-state index contributed by atoms with van der Waals surface area (Å²) in [4.78, 5) is 25.3. The van der Waals surface area contributed by atoms with Gasteiger partial charge < -0.3 is 15.4 Å². The molecule has 1 aromatic heterocycles. The summed E-state index contributed by atoms with van der Waals surface area (Å²) in [6, 6.07) is -0.494. The minimum absolute atomic E-state index is 0.0939. The highest BCUT2D eigenvalue weighted by Gasteiger charge is 2.42. The molecule has 0 spiro atoms. The molecular formula is C16H23F3N6O3. The maximum Gasteiger partial charge on any atom is 0.491 e. The quantitative estimate of drug-likeness (QED) is 0.394. The number of allylic oxidation sites excluding steroid dienone is 1. The molecule has 2 atom stereocenters. The predicted octanol–water partition coefficient (Wildman–Crippen LogP) is 0.103. The van der Waals surface area contributed by atoms with Crippen molar-refractivity contribution in [3.63, 3.8) is 0 Å². The molecule has 9 nitrogen and oxygen atoms in total. The SMILES string of the molecule is C/C=C(/OC(=O)C(F)(F)F)C(=O)N[C@H]1CNCCC1N(C)Cc1cn(C)nn1. The topological polar surface area (TPSA) is 101 Å². The van der Waals surface area contributed by atoms with Crippen molar-refractivity contribution in [2.75, 3.05) is 20.1 Å². The molecule has 2 heterocycles. The smallest absolute Gasteiger partial charge is 0.414 e. The molecule has 28 heavy (non-hydrogen) atoms. The van der Waals surface area contributed by atoms with Gasteiger partial charge in [-0.05, 0) is 33.0 Å². The Kier molecular flexibility index (Phi) is 7.13. The van der Waals surface area contributed by atoms with Crippen LogP contribution in [0.25, 0.3) is 0 Å². The molecule has 0 aromatic carbocycles. The number of piperidine rings is 1. The molecule has 1 aromatic rings. The molecule has 1 aliphatic heterocycles. The Hall–Kier alpha value is -2.47. The number of alkyl halides is 3. The molecule has 156 valence electrons. The number of aromatic nitrogens is 3. The van der Waals surface area contributed by atoms with Crippen LogP contribution in [-0.4, -0.2) is 70.2 Å². The normalized spacial score (nSPS) is 20.9. The number of hydrogen-bond acceptors (Lipinski definition) is 7. The van der Waals surface area contributed by atoms with Gasteiger partial charge in [0, 0.05) is 32.4 Å². The molecule has 0 saturated carbocycles. The minimum atomic E-state index is -5.18. The van der Waals surface area contributed by atoms with Crippen molar-refractivity contribution >= 4 is 11.9 Å². The second kappa shape index (κ2) is 9.15. The third-order valence-electron chi connectivity index (χ3n) is 4.31. The second-order valence-corrected chi connectivity index (χ2v) is 6.48. The number of esters is 1. The van der Waals surface area contributed by atoms with E-state index in [4.69, 9.17) is 0 Å². The van der Waals surface area contributed by atoms with E-state index in [0.29, 0.717) is 19.5 Å². The molecule has 1 aliphatic rings. The predicted molar refractivity (Wildman–Crippen MR) is 91.6 cm³/mol.